The molecule has 4 heteroatoms. The molecule has 2 aromatic heterocycles. The highest BCUT2D eigenvalue weighted by atomic mass is 15.1. The molecule has 1 aliphatic heterocycles. The Labute approximate surface area is 117 Å². The largest absolute Gasteiger partial charge is 0.339 e. The molecule has 20 heavy (non-hydrogen) atoms. The van der Waals surface area contributed by atoms with Gasteiger partial charge in [0.25, 0.3) is 0 Å². The number of H-pyrrole nitrogens is 1. The van der Waals surface area contributed by atoms with Crippen molar-refractivity contribution in [2.24, 2.45) is 0 Å². The van der Waals surface area contributed by atoms with E-state index in [2.05, 4.69) is 44.5 Å². The SMILES string of the molecule is Cc1ccc2[nH]c(C3Cc4ccccc4CN3)nc2n1. The Kier molecular flexibility index (Phi) is 2.57. The Morgan fingerprint density at radius 3 is 2.80 bits per heavy atom. The lowest BCUT2D eigenvalue weighted by atomic mass is 9.96. The van der Waals surface area contributed by atoms with Gasteiger partial charge in [-0.3, -0.25) is 0 Å². The summed E-state index contributed by atoms with van der Waals surface area (Å²) in [6, 6.07) is 12.9. The molecule has 1 aromatic carbocycles. The average molecular weight is 264 g/mol. The van der Waals surface area contributed by atoms with E-state index in [1.165, 1.54) is 11.1 Å². The molecule has 0 radical (unpaired) electrons. The number of aromatic nitrogens is 3. The van der Waals surface area contributed by atoms with Crippen molar-refractivity contribution in [1.29, 1.82) is 0 Å². The van der Waals surface area contributed by atoms with Crippen LogP contribution in [0.4, 0.5) is 0 Å². The van der Waals surface area contributed by atoms with Crippen LogP contribution in [-0.2, 0) is 13.0 Å². The summed E-state index contributed by atoms with van der Waals surface area (Å²) in [5.74, 6) is 0.979. The molecule has 3 heterocycles. The second-order valence-electron chi connectivity index (χ2n) is 5.35. The molecular weight excluding hydrogens is 248 g/mol. The average Bonchev–Trinajstić information content (AvgIpc) is 2.89. The van der Waals surface area contributed by atoms with Crippen molar-refractivity contribution in [3.63, 3.8) is 0 Å². The molecule has 4 nitrogen and oxygen atoms in total. The van der Waals surface area contributed by atoms with Gasteiger partial charge in [-0.2, -0.15) is 0 Å². The zero-order chi connectivity index (χ0) is 13.5. The number of hydrogen-bond donors (Lipinski definition) is 2. The fourth-order valence-electron chi connectivity index (χ4n) is 2.82. The lowest BCUT2D eigenvalue weighted by Gasteiger charge is -2.24. The fourth-order valence-corrected chi connectivity index (χ4v) is 2.82. The second-order valence-corrected chi connectivity index (χ2v) is 5.35. The molecule has 1 atom stereocenters. The van der Waals surface area contributed by atoms with E-state index in [-0.39, 0.29) is 6.04 Å². The smallest absolute Gasteiger partial charge is 0.178 e. The number of aryl methyl sites for hydroxylation is 1. The Bertz CT molecular complexity index is 775. The van der Waals surface area contributed by atoms with Gasteiger partial charge >= 0.3 is 0 Å². The first-order chi connectivity index (χ1) is 9.79. The normalized spacial score (nSPS) is 18.1. The van der Waals surface area contributed by atoms with E-state index in [0.717, 1.165) is 35.6 Å². The Morgan fingerprint density at radius 1 is 1.05 bits per heavy atom. The molecule has 0 saturated heterocycles. The highest BCUT2D eigenvalue weighted by Crippen LogP contribution is 2.25. The fraction of sp³-hybridized carbons (Fsp3) is 0.250. The van der Waals surface area contributed by atoms with E-state index in [4.69, 9.17) is 0 Å². The van der Waals surface area contributed by atoms with Crippen LogP contribution in [-0.4, -0.2) is 15.0 Å². The van der Waals surface area contributed by atoms with Crippen LogP contribution in [0.3, 0.4) is 0 Å². The van der Waals surface area contributed by atoms with Crippen LogP contribution in [0.2, 0.25) is 0 Å². The van der Waals surface area contributed by atoms with E-state index in [1.54, 1.807) is 0 Å². The summed E-state index contributed by atoms with van der Waals surface area (Å²) in [5, 5.41) is 3.55. The molecule has 0 bridgehead atoms. The van der Waals surface area contributed by atoms with Crippen molar-refractivity contribution in [3.8, 4) is 0 Å². The summed E-state index contributed by atoms with van der Waals surface area (Å²) in [6.07, 6.45) is 0.967. The zero-order valence-electron chi connectivity index (χ0n) is 11.4. The van der Waals surface area contributed by atoms with E-state index in [1.807, 2.05) is 19.1 Å². The Morgan fingerprint density at radius 2 is 1.90 bits per heavy atom. The molecule has 0 fully saturated rings. The van der Waals surface area contributed by atoms with Gasteiger partial charge in [0.1, 0.15) is 5.82 Å². The summed E-state index contributed by atoms with van der Waals surface area (Å²) >= 11 is 0. The molecule has 0 aliphatic carbocycles. The van der Waals surface area contributed by atoms with Gasteiger partial charge in [-0.25, -0.2) is 9.97 Å². The maximum absolute atomic E-state index is 4.64. The van der Waals surface area contributed by atoms with E-state index < -0.39 is 0 Å². The first kappa shape index (κ1) is 11.6. The first-order valence-electron chi connectivity index (χ1n) is 6.93. The lowest BCUT2D eigenvalue weighted by Crippen LogP contribution is -2.29. The predicted molar refractivity (Wildman–Crippen MR) is 78.4 cm³/mol. The number of rotatable bonds is 1. The molecule has 100 valence electrons. The topological polar surface area (TPSA) is 53.6 Å². The third-order valence-corrected chi connectivity index (χ3v) is 3.91. The molecule has 4 rings (SSSR count). The maximum atomic E-state index is 4.64. The molecule has 0 amide bonds. The quantitative estimate of drug-likeness (QED) is 0.710. The zero-order valence-corrected chi connectivity index (χ0v) is 11.4. The molecule has 1 unspecified atom stereocenters. The van der Waals surface area contributed by atoms with E-state index >= 15 is 0 Å². The number of pyridine rings is 1. The van der Waals surface area contributed by atoms with Gasteiger partial charge in [0.2, 0.25) is 0 Å². The Balaban J connectivity index is 1.70. The van der Waals surface area contributed by atoms with Crippen LogP contribution in [0.5, 0.6) is 0 Å². The number of nitrogens with one attached hydrogen (secondary N) is 2. The summed E-state index contributed by atoms with van der Waals surface area (Å²) in [5.41, 5.74) is 5.60. The molecule has 3 aromatic rings. The van der Waals surface area contributed by atoms with Crippen molar-refractivity contribution in [3.05, 3.63) is 59.0 Å². The summed E-state index contributed by atoms with van der Waals surface area (Å²) in [7, 11) is 0. The minimum Gasteiger partial charge on any atom is -0.339 e. The standard InChI is InChI=1S/C16H16N4/c1-10-6-7-13-15(18-10)20-16(19-13)14-8-11-4-2-3-5-12(11)9-17-14/h2-7,14,17H,8-9H2,1H3,(H,18,19,20). The number of hydrogen-bond acceptors (Lipinski definition) is 3. The van der Waals surface area contributed by atoms with E-state index in [0.29, 0.717) is 0 Å². The molecular formula is C16H16N4. The minimum absolute atomic E-state index is 0.236. The van der Waals surface area contributed by atoms with Crippen LogP contribution in [0, 0.1) is 6.92 Å². The Hall–Kier alpha value is -2.20. The maximum Gasteiger partial charge on any atom is 0.178 e. The number of benzene rings is 1. The van der Waals surface area contributed by atoms with Gasteiger partial charge in [-0.15, -0.1) is 0 Å². The van der Waals surface area contributed by atoms with Crippen LogP contribution in [0.1, 0.15) is 28.7 Å². The van der Waals surface area contributed by atoms with Crippen LogP contribution >= 0.6 is 0 Å². The van der Waals surface area contributed by atoms with E-state index in [9.17, 15) is 0 Å². The van der Waals surface area contributed by atoms with Crippen molar-refractivity contribution < 1.29 is 0 Å². The van der Waals surface area contributed by atoms with Gasteiger partial charge in [0.15, 0.2) is 5.65 Å². The second kappa shape index (κ2) is 4.42. The van der Waals surface area contributed by atoms with Gasteiger partial charge in [-0.1, -0.05) is 24.3 Å². The molecule has 2 N–H and O–H groups in total. The van der Waals surface area contributed by atoms with Crippen LogP contribution in [0.25, 0.3) is 11.2 Å². The highest BCUT2D eigenvalue weighted by molar-refractivity contribution is 5.70. The van der Waals surface area contributed by atoms with Crippen LogP contribution < -0.4 is 5.32 Å². The predicted octanol–water partition coefficient (Wildman–Crippen LogP) is 2.65. The molecule has 0 spiro atoms. The monoisotopic (exact) mass is 264 g/mol. The van der Waals surface area contributed by atoms with Crippen molar-refractivity contribution >= 4 is 11.2 Å². The molecule has 1 aliphatic rings. The third-order valence-electron chi connectivity index (χ3n) is 3.91. The summed E-state index contributed by atoms with van der Waals surface area (Å²) in [4.78, 5) is 12.5. The van der Waals surface area contributed by atoms with Crippen molar-refractivity contribution in [2.75, 3.05) is 0 Å². The number of aromatic amines is 1. The number of imidazole rings is 1. The number of nitrogens with zero attached hydrogens (tertiary/aromatic N) is 2. The van der Waals surface area contributed by atoms with Gasteiger partial charge in [0.05, 0.1) is 11.6 Å². The highest BCUT2D eigenvalue weighted by Gasteiger charge is 2.21. The van der Waals surface area contributed by atoms with Crippen LogP contribution in [0.15, 0.2) is 36.4 Å². The minimum atomic E-state index is 0.236. The summed E-state index contributed by atoms with van der Waals surface area (Å²) < 4.78 is 0. The summed E-state index contributed by atoms with van der Waals surface area (Å²) in [6.45, 7) is 2.88. The van der Waals surface area contributed by atoms with Crippen molar-refractivity contribution in [1.82, 2.24) is 20.3 Å². The number of fused-ring (bicyclic) bond motifs is 2. The van der Waals surface area contributed by atoms with Gasteiger partial charge in [-0.05, 0) is 36.6 Å². The van der Waals surface area contributed by atoms with Crippen molar-refractivity contribution in [2.45, 2.75) is 25.9 Å². The lowest BCUT2D eigenvalue weighted by molar-refractivity contribution is 0.481. The van der Waals surface area contributed by atoms with Gasteiger partial charge in [0, 0.05) is 12.2 Å². The molecule has 0 saturated carbocycles. The first-order valence-corrected chi connectivity index (χ1v) is 6.93. The van der Waals surface area contributed by atoms with Gasteiger partial charge < -0.3 is 10.3 Å². The third kappa shape index (κ3) is 1.89.